The highest BCUT2D eigenvalue weighted by molar-refractivity contribution is 6.30. The summed E-state index contributed by atoms with van der Waals surface area (Å²) in [7, 11) is 2.18. The molecule has 1 fully saturated rings. The third kappa shape index (κ3) is 3.46. The summed E-state index contributed by atoms with van der Waals surface area (Å²) in [5.74, 6) is 1.01. The summed E-state index contributed by atoms with van der Waals surface area (Å²) in [6, 6.07) is 18.9. The molecule has 0 unspecified atom stereocenters. The van der Waals surface area contributed by atoms with Gasteiger partial charge in [-0.15, -0.1) is 0 Å². The van der Waals surface area contributed by atoms with E-state index in [9.17, 15) is 0 Å². The first-order valence-corrected chi connectivity index (χ1v) is 11.0. The van der Waals surface area contributed by atoms with Crippen molar-refractivity contribution in [3.05, 3.63) is 72.1 Å². The number of hydrogen-bond acceptors (Lipinski definition) is 3. The van der Waals surface area contributed by atoms with Crippen molar-refractivity contribution in [3.8, 4) is 16.8 Å². The maximum Gasteiger partial charge on any atom is 0.150 e. The molecule has 0 saturated heterocycles. The van der Waals surface area contributed by atoms with E-state index in [-0.39, 0.29) is 0 Å². The van der Waals surface area contributed by atoms with Crippen LogP contribution in [0.2, 0.25) is 5.02 Å². The zero-order chi connectivity index (χ0) is 20.5. The van der Waals surface area contributed by atoms with Crippen LogP contribution in [-0.2, 0) is 0 Å². The van der Waals surface area contributed by atoms with E-state index in [0.717, 1.165) is 33.7 Å². The Balaban J connectivity index is 1.74. The smallest absolute Gasteiger partial charge is 0.150 e. The molecule has 2 aromatic carbocycles. The second-order valence-corrected chi connectivity index (χ2v) is 8.49. The summed E-state index contributed by atoms with van der Waals surface area (Å²) in [5.41, 5.74) is 4.21. The zero-order valence-electron chi connectivity index (χ0n) is 17.1. The van der Waals surface area contributed by atoms with E-state index >= 15 is 0 Å². The number of nitrogens with zero attached hydrogens (tertiary/aromatic N) is 4. The number of aromatic nitrogens is 3. The molecule has 2 heterocycles. The monoisotopic (exact) mass is 416 g/mol. The summed E-state index contributed by atoms with van der Waals surface area (Å²) in [6.45, 7) is 0. The van der Waals surface area contributed by atoms with Crippen LogP contribution in [0.1, 0.15) is 32.1 Å². The average molecular weight is 417 g/mol. The van der Waals surface area contributed by atoms with Crippen molar-refractivity contribution in [3.63, 3.8) is 0 Å². The zero-order valence-corrected chi connectivity index (χ0v) is 17.9. The predicted octanol–water partition coefficient (Wildman–Crippen LogP) is 6.51. The molecule has 4 nitrogen and oxygen atoms in total. The van der Waals surface area contributed by atoms with Crippen LogP contribution in [0.5, 0.6) is 0 Å². The molecule has 30 heavy (non-hydrogen) atoms. The Labute approximate surface area is 182 Å². The minimum absolute atomic E-state index is 0.523. The first-order valence-electron chi connectivity index (χ1n) is 10.6. The van der Waals surface area contributed by atoms with Crippen LogP contribution < -0.4 is 4.90 Å². The van der Waals surface area contributed by atoms with Gasteiger partial charge < -0.3 is 9.47 Å². The van der Waals surface area contributed by atoms with Gasteiger partial charge in [0.2, 0.25) is 0 Å². The molecule has 2 aromatic heterocycles. The second-order valence-electron chi connectivity index (χ2n) is 8.06. The molecule has 0 bridgehead atoms. The molecule has 0 spiro atoms. The Morgan fingerprint density at radius 3 is 2.53 bits per heavy atom. The van der Waals surface area contributed by atoms with Gasteiger partial charge in [-0.25, -0.2) is 9.97 Å². The molecular weight excluding hydrogens is 392 g/mol. The van der Waals surface area contributed by atoms with Crippen LogP contribution in [0.25, 0.3) is 27.8 Å². The quantitative estimate of drug-likeness (QED) is 0.380. The summed E-state index contributed by atoms with van der Waals surface area (Å²) in [4.78, 5) is 11.8. The Kier molecular flexibility index (Phi) is 5.17. The lowest BCUT2D eigenvalue weighted by molar-refractivity contribution is 0.426. The third-order valence-electron chi connectivity index (χ3n) is 6.19. The number of halogens is 1. The van der Waals surface area contributed by atoms with Crippen molar-refractivity contribution >= 4 is 28.5 Å². The lowest BCUT2D eigenvalue weighted by atomic mass is 9.94. The number of hydrogen-bond donors (Lipinski definition) is 0. The van der Waals surface area contributed by atoms with Crippen molar-refractivity contribution in [1.82, 2.24) is 14.5 Å². The Morgan fingerprint density at radius 1 is 0.967 bits per heavy atom. The van der Waals surface area contributed by atoms with E-state index in [0.29, 0.717) is 11.1 Å². The van der Waals surface area contributed by atoms with Crippen LogP contribution in [-0.4, -0.2) is 27.6 Å². The third-order valence-corrected chi connectivity index (χ3v) is 6.43. The number of benzene rings is 2. The van der Waals surface area contributed by atoms with Crippen LogP contribution in [0, 0.1) is 0 Å². The molecule has 152 valence electrons. The molecule has 0 aliphatic heterocycles. The van der Waals surface area contributed by atoms with Gasteiger partial charge in [0.25, 0.3) is 0 Å². The van der Waals surface area contributed by atoms with Gasteiger partial charge in [0.05, 0.1) is 5.39 Å². The van der Waals surface area contributed by atoms with Gasteiger partial charge in [0.1, 0.15) is 12.1 Å². The van der Waals surface area contributed by atoms with Crippen molar-refractivity contribution in [2.24, 2.45) is 0 Å². The largest absolute Gasteiger partial charge is 0.356 e. The van der Waals surface area contributed by atoms with Crippen molar-refractivity contribution in [1.29, 1.82) is 0 Å². The Bertz CT molecular complexity index is 1160. The highest BCUT2D eigenvalue weighted by atomic mass is 35.5. The van der Waals surface area contributed by atoms with Gasteiger partial charge >= 0.3 is 0 Å². The van der Waals surface area contributed by atoms with Gasteiger partial charge in [-0.05, 0) is 36.6 Å². The molecule has 1 saturated carbocycles. The van der Waals surface area contributed by atoms with Gasteiger partial charge in [-0.2, -0.15) is 0 Å². The van der Waals surface area contributed by atoms with Crippen molar-refractivity contribution in [2.75, 3.05) is 11.9 Å². The summed E-state index contributed by atoms with van der Waals surface area (Å²) < 4.78 is 2.13. The predicted molar refractivity (Wildman–Crippen MR) is 125 cm³/mol. The van der Waals surface area contributed by atoms with Crippen LogP contribution >= 0.6 is 11.6 Å². The van der Waals surface area contributed by atoms with E-state index in [2.05, 4.69) is 53.0 Å². The van der Waals surface area contributed by atoms with E-state index in [4.69, 9.17) is 21.6 Å². The second kappa shape index (κ2) is 8.11. The van der Waals surface area contributed by atoms with E-state index in [1.807, 2.05) is 24.3 Å². The average Bonchev–Trinajstić information content (AvgIpc) is 3.20. The highest BCUT2D eigenvalue weighted by Crippen LogP contribution is 2.38. The SMILES string of the molecule is CN(c1ncnc2c1c(-c1ccccc1)cn2-c1cccc(Cl)c1)C1CCCCC1. The molecule has 4 aromatic rings. The molecule has 0 N–H and O–H groups in total. The molecular formula is C25H25ClN4. The van der Waals surface area contributed by atoms with Crippen LogP contribution in [0.3, 0.4) is 0 Å². The first-order chi connectivity index (χ1) is 14.7. The standard InChI is InChI=1S/C25H25ClN4/c1-29(20-12-6-3-7-13-20)24-23-22(18-9-4-2-5-10-18)16-30(25(23)28-17-27-24)21-14-8-11-19(26)15-21/h2,4-5,8-11,14-17,20H,3,6-7,12-13H2,1H3. The molecule has 1 aliphatic carbocycles. The molecule has 5 rings (SSSR count). The lowest BCUT2D eigenvalue weighted by Gasteiger charge is -2.32. The Hall–Kier alpha value is -2.85. The molecule has 0 amide bonds. The summed E-state index contributed by atoms with van der Waals surface area (Å²) >= 11 is 6.30. The maximum absolute atomic E-state index is 6.30. The van der Waals surface area contributed by atoms with Gasteiger partial charge in [-0.1, -0.05) is 67.3 Å². The van der Waals surface area contributed by atoms with Gasteiger partial charge in [0, 0.05) is 35.6 Å². The molecule has 1 aliphatic rings. The number of fused-ring (bicyclic) bond motifs is 1. The number of anilines is 1. The molecule has 0 radical (unpaired) electrons. The van der Waals surface area contributed by atoms with Crippen molar-refractivity contribution < 1.29 is 0 Å². The van der Waals surface area contributed by atoms with Crippen LogP contribution in [0.15, 0.2) is 67.1 Å². The van der Waals surface area contributed by atoms with E-state index < -0.39 is 0 Å². The molecule has 0 atom stereocenters. The van der Waals surface area contributed by atoms with Gasteiger partial charge in [-0.3, -0.25) is 0 Å². The fourth-order valence-electron chi connectivity index (χ4n) is 4.61. The Morgan fingerprint density at radius 2 is 1.77 bits per heavy atom. The minimum Gasteiger partial charge on any atom is -0.356 e. The fourth-order valence-corrected chi connectivity index (χ4v) is 4.80. The highest BCUT2D eigenvalue weighted by Gasteiger charge is 2.24. The lowest BCUT2D eigenvalue weighted by Crippen LogP contribution is -2.34. The van der Waals surface area contributed by atoms with Crippen molar-refractivity contribution in [2.45, 2.75) is 38.1 Å². The van der Waals surface area contributed by atoms with E-state index in [1.54, 1.807) is 6.33 Å². The van der Waals surface area contributed by atoms with Crippen LogP contribution in [0.4, 0.5) is 5.82 Å². The maximum atomic E-state index is 6.30. The summed E-state index contributed by atoms with van der Waals surface area (Å²) in [6.07, 6.45) is 10.2. The minimum atomic E-state index is 0.523. The molecule has 5 heteroatoms. The van der Waals surface area contributed by atoms with Gasteiger partial charge in [0.15, 0.2) is 5.65 Å². The van der Waals surface area contributed by atoms with E-state index in [1.165, 1.54) is 32.1 Å². The topological polar surface area (TPSA) is 34.0 Å². The fraction of sp³-hybridized carbons (Fsp3) is 0.280. The first kappa shape index (κ1) is 19.1. The normalized spacial score (nSPS) is 14.9. The summed E-state index contributed by atoms with van der Waals surface area (Å²) in [5, 5.41) is 1.81. The number of rotatable bonds is 4.